The summed E-state index contributed by atoms with van der Waals surface area (Å²) in [6.45, 7) is 5.58. The molecule has 72 valence electrons. The Labute approximate surface area is 82.4 Å². The van der Waals surface area contributed by atoms with Gasteiger partial charge in [-0.3, -0.25) is 0 Å². The van der Waals surface area contributed by atoms with Gasteiger partial charge in [0.15, 0.2) is 0 Å². The van der Waals surface area contributed by atoms with Crippen LogP contribution in [-0.4, -0.2) is 0 Å². The molecule has 0 bridgehead atoms. The van der Waals surface area contributed by atoms with Crippen molar-refractivity contribution in [2.45, 2.75) is 39.0 Å². The molecular weight excluding hydrogens is 156 g/mol. The molecule has 0 aromatic heterocycles. The van der Waals surface area contributed by atoms with Crippen LogP contribution >= 0.6 is 0 Å². The average Bonchev–Trinajstić information content (AvgIpc) is 2.16. The molecule has 0 heterocycles. The van der Waals surface area contributed by atoms with Gasteiger partial charge < -0.3 is 0 Å². The molecule has 0 saturated heterocycles. The molecule has 0 aliphatic heterocycles. The van der Waals surface area contributed by atoms with Gasteiger partial charge in [-0.1, -0.05) is 30.9 Å². The van der Waals surface area contributed by atoms with E-state index in [0.29, 0.717) is 0 Å². The van der Waals surface area contributed by atoms with E-state index in [0.717, 1.165) is 6.42 Å². The molecule has 0 N–H and O–H groups in total. The lowest BCUT2D eigenvalue weighted by molar-refractivity contribution is 0.863. The van der Waals surface area contributed by atoms with Gasteiger partial charge in [0.2, 0.25) is 0 Å². The third-order valence-corrected chi connectivity index (χ3v) is 1.77. The van der Waals surface area contributed by atoms with Crippen molar-refractivity contribution in [2.75, 3.05) is 0 Å². The van der Waals surface area contributed by atoms with Gasteiger partial charge in [0.25, 0.3) is 0 Å². The van der Waals surface area contributed by atoms with Crippen LogP contribution in [0.1, 0.15) is 39.0 Å². The predicted molar refractivity (Wildman–Crippen MR) is 60.7 cm³/mol. The van der Waals surface area contributed by atoms with E-state index in [-0.39, 0.29) is 0 Å². The van der Waals surface area contributed by atoms with Crippen LogP contribution in [0.25, 0.3) is 0 Å². The number of rotatable bonds is 7. The van der Waals surface area contributed by atoms with Crippen LogP contribution in [-0.2, 0) is 0 Å². The van der Waals surface area contributed by atoms with Crippen LogP contribution in [0.15, 0.2) is 42.7 Å². The molecule has 0 unspecified atom stereocenters. The Morgan fingerprint density at radius 1 is 1.00 bits per heavy atom. The van der Waals surface area contributed by atoms with E-state index < -0.39 is 0 Å². The van der Waals surface area contributed by atoms with Gasteiger partial charge in [-0.25, -0.2) is 0 Å². The highest BCUT2D eigenvalue weighted by molar-refractivity contribution is 4.87. The standard InChI is InChI=1S/C13H20/c1-3-5-7-9-11-13-12-10-8-6-4-2/h4-6,12-13H,1,7-11H2,2H3. The Hall–Kier alpha value is -1.00. The number of hydrogen-bond donors (Lipinski definition) is 0. The van der Waals surface area contributed by atoms with Crippen molar-refractivity contribution in [1.29, 1.82) is 0 Å². The summed E-state index contributed by atoms with van der Waals surface area (Å²) in [7, 11) is 0. The summed E-state index contributed by atoms with van der Waals surface area (Å²) >= 11 is 0. The van der Waals surface area contributed by atoms with Crippen molar-refractivity contribution in [2.24, 2.45) is 0 Å². The van der Waals surface area contributed by atoms with Gasteiger partial charge in [0.05, 0.1) is 0 Å². The largest absolute Gasteiger partial charge is 0.133 e. The van der Waals surface area contributed by atoms with Crippen LogP contribution in [0.5, 0.6) is 0 Å². The zero-order valence-electron chi connectivity index (χ0n) is 8.63. The first kappa shape index (κ1) is 12.0. The van der Waals surface area contributed by atoms with Crippen molar-refractivity contribution in [3.05, 3.63) is 42.7 Å². The van der Waals surface area contributed by atoms with Crippen LogP contribution in [0.2, 0.25) is 0 Å². The van der Waals surface area contributed by atoms with E-state index in [9.17, 15) is 0 Å². The molecular formula is C13H20. The molecule has 0 radical (unpaired) electrons. The minimum Gasteiger partial charge on any atom is -0.133 e. The third kappa shape index (κ3) is 11.0. The fraction of sp³-hybridized carbons (Fsp3) is 0.462. The van der Waals surface area contributed by atoms with Gasteiger partial charge in [0, 0.05) is 0 Å². The van der Waals surface area contributed by atoms with Gasteiger partial charge in [0.1, 0.15) is 0 Å². The fourth-order valence-corrected chi connectivity index (χ4v) is 1.03. The topological polar surface area (TPSA) is 0 Å². The Bertz CT molecular complexity index is 190. The van der Waals surface area contributed by atoms with Crippen LogP contribution in [0, 0.1) is 0 Å². The minimum absolute atomic E-state index is 1.10. The van der Waals surface area contributed by atoms with Crippen LogP contribution < -0.4 is 0 Å². The number of allylic oxidation sites excluding steroid dienone is 5. The molecule has 0 aliphatic rings. The monoisotopic (exact) mass is 176 g/mol. The molecule has 0 rings (SSSR count). The first-order valence-electron chi connectivity index (χ1n) is 5.02. The highest BCUT2D eigenvalue weighted by Crippen LogP contribution is 1.99. The highest BCUT2D eigenvalue weighted by Gasteiger charge is 1.79. The van der Waals surface area contributed by atoms with Crippen molar-refractivity contribution >= 4 is 0 Å². The zero-order valence-corrected chi connectivity index (χ0v) is 8.63. The van der Waals surface area contributed by atoms with E-state index in [1.165, 1.54) is 25.7 Å². The zero-order chi connectivity index (χ0) is 9.78. The molecule has 0 aliphatic carbocycles. The first-order valence-corrected chi connectivity index (χ1v) is 5.02. The molecule has 0 aromatic rings. The highest BCUT2D eigenvalue weighted by atomic mass is 13.9. The fourth-order valence-electron chi connectivity index (χ4n) is 1.03. The van der Waals surface area contributed by atoms with Gasteiger partial charge in [-0.2, -0.15) is 0 Å². The van der Waals surface area contributed by atoms with Gasteiger partial charge in [-0.15, -0.1) is 5.73 Å². The SMILES string of the molecule is C=C=CCCCC=CCCC=CC. The lowest BCUT2D eigenvalue weighted by Crippen LogP contribution is -1.69. The van der Waals surface area contributed by atoms with Crippen molar-refractivity contribution in [1.82, 2.24) is 0 Å². The molecule has 0 aromatic carbocycles. The maximum atomic E-state index is 3.52. The summed E-state index contributed by atoms with van der Waals surface area (Å²) in [6.07, 6.45) is 16.6. The second-order valence-corrected chi connectivity index (χ2v) is 2.96. The smallest absolute Gasteiger partial charge is 0.0272 e. The predicted octanol–water partition coefficient (Wildman–Crippen LogP) is 4.41. The van der Waals surface area contributed by atoms with Gasteiger partial charge in [-0.05, 0) is 45.1 Å². The van der Waals surface area contributed by atoms with Gasteiger partial charge >= 0.3 is 0 Å². The van der Waals surface area contributed by atoms with Crippen LogP contribution in [0.3, 0.4) is 0 Å². The second-order valence-electron chi connectivity index (χ2n) is 2.96. The summed E-state index contributed by atoms with van der Waals surface area (Å²) in [5.41, 5.74) is 2.78. The summed E-state index contributed by atoms with van der Waals surface area (Å²) in [5, 5.41) is 0. The molecule has 0 atom stereocenters. The maximum Gasteiger partial charge on any atom is -0.0272 e. The molecule has 0 nitrogen and oxygen atoms in total. The van der Waals surface area contributed by atoms with E-state index in [1.807, 2.05) is 6.08 Å². The molecule has 13 heavy (non-hydrogen) atoms. The third-order valence-electron chi connectivity index (χ3n) is 1.77. The molecule has 0 heteroatoms. The normalized spacial score (nSPS) is 10.8. The van der Waals surface area contributed by atoms with Crippen molar-refractivity contribution in [3.63, 3.8) is 0 Å². The van der Waals surface area contributed by atoms with Crippen molar-refractivity contribution in [3.8, 4) is 0 Å². The molecule has 0 fully saturated rings. The molecule has 0 amide bonds. The Balaban J connectivity index is 3.16. The summed E-state index contributed by atoms with van der Waals surface area (Å²) in [5.74, 6) is 0. The van der Waals surface area contributed by atoms with Crippen LogP contribution in [0.4, 0.5) is 0 Å². The quantitative estimate of drug-likeness (QED) is 0.306. The van der Waals surface area contributed by atoms with E-state index in [2.05, 4.69) is 43.5 Å². The summed E-state index contributed by atoms with van der Waals surface area (Å²) < 4.78 is 0. The Morgan fingerprint density at radius 3 is 2.38 bits per heavy atom. The Kier molecular flexibility index (Phi) is 10.2. The van der Waals surface area contributed by atoms with Crippen molar-refractivity contribution < 1.29 is 0 Å². The summed E-state index contributed by atoms with van der Waals surface area (Å²) in [4.78, 5) is 0. The summed E-state index contributed by atoms with van der Waals surface area (Å²) in [6, 6.07) is 0. The average molecular weight is 176 g/mol. The Morgan fingerprint density at radius 2 is 1.69 bits per heavy atom. The number of hydrogen-bond acceptors (Lipinski definition) is 0. The second kappa shape index (κ2) is 11.0. The molecule has 0 saturated carbocycles. The van der Waals surface area contributed by atoms with E-state index >= 15 is 0 Å². The first-order chi connectivity index (χ1) is 6.41. The number of unbranched alkanes of at least 4 members (excludes halogenated alkanes) is 3. The minimum atomic E-state index is 1.10. The van der Waals surface area contributed by atoms with E-state index in [4.69, 9.17) is 0 Å². The molecule has 0 spiro atoms. The lowest BCUT2D eigenvalue weighted by atomic mass is 10.2. The maximum absolute atomic E-state index is 3.52. The van der Waals surface area contributed by atoms with E-state index in [1.54, 1.807) is 0 Å². The lowest BCUT2D eigenvalue weighted by Gasteiger charge is -1.89.